The Morgan fingerprint density at radius 3 is 1.44 bits per heavy atom. The number of nitrogens with one attached hydrogen (secondary N) is 2. The van der Waals surface area contributed by atoms with Crippen molar-refractivity contribution in [2.24, 2.45) is 0 Å². The zero-order valence-electron chi connectivity index (χ0n) is 32.9. The highest BCUT2D eigenvalue weighted by atomic mass is 35.5. The molecule has 4 aromatic heterocycles. The van der Waals surface area contributed by atoms with Gasteiger partial charge in [-0.1, -0.05) is 23.2 Å². The molecule has 0 spiro atoms. The summed E-state index contributed by atoms with van der Waals surface area (Å²) in [5.74, 6) is 2.19. The third kappa shape index (κ3) is 11.0. The van der Waals surface area contributed by atoms with Crippen molar-refractivity contribution in [2.75, 3.05) is 38.1 Å². The van der Waals surface area contributed by atoms with Gasteiger partial charge in [0.1, 0.15) is 35.9 Å². The lowest BCUT2D eigenvalue weighted by atomic mass is 10.1. The zero-order valence-corrected chi connectivity index (χ0v) is 34.4. The molecule has 0 atom stereocenters. The van der Waals surface area contributed by atoms with Gasteiger partial charge in [0.05, 0.1) is 49.8 Å². The van der Waals surface area contributed by atoms with Gasteiger partial charge in [0.2, 0.25) is 0 Å². The Morgan fingerprint density at radius 1 is 0.525 bits per heavy atom. The Balaban J connectivity index is 0.000000184. The molecule has 4 aromatic carbocycles. The fourth-order valence-electron chi connectivity index (χ4n) is 6.14. The second kappa shape index (κ2) is 20.4. The molecule has 0 aliphatic heterocycles. The van der Waals surface area contributed by atoms with Crippen molar-refractivity contribution in [1.29, 1.82) is 0 Å². The van der Waals surface area contributed by atoms with Gasteiger partial charge in [0.15, 0.2) is 23.0 Å². The van der Waals surface area contributed by atoms with Crippen LogP contribution in [-0.4, -0.2) is 57.3 Å². The average Bonchev–Trinajstić information content (AvgIpc) is 3.27. The van der Waals surface area contributed by atoms with Crippen LogP contribution in [-0.2, 0) is 12.8 Å². The highest BCUT2D eigenvalue weighted by Crippen LogP contribution is 2.37. The summed E-state index contributed by atoms with van der Waals surface area (Å²) in [5, 5.41) is 7.98. The van der Waals surface area contributed by atoms with Gasteiger partial charge in [-0.25, -0.2) is 28.7 Å². The summed E-state index contributed by atoms with van der Waals surface area (Å²) < 4.78 is 51.3. The lowest BCUT2D eigenvalue weighted by molar-refractivity contribution is 0.290. The van der Waals surface area contributed by atoms with Crippen LogP contribution in [0.4, 0.5) is 31.8 Å². The summed E-state index contributed by atoms with van der Waals surface area (Å²) in [4.78, 5) is 25.2. The molecule has 16 heteroatoms. The van der Waals surface area contributed by atoms with Crippen LogP contribution in [0.1, 0.15) is 17.5 Å². The molecule has 2 N–H and O–H groups in total. The fraction of sp³-hybridized carbons (Fsp3) is 0.156. The smallest absolute Gasteiger partial charge is 0.163 e. The van der Waals surface area contributed by atoms with Crippen LogP contribution in [0.15, 0.2) is 122 Å². The SMILES string of the molecule is COc1cc2c(Nc3ccc(Cl)cc3F)ncnc2cc1OCCCc1ccncc1.COc1cc2c(Nc3ccc(Cl)cc3F)ncnc2cc1OCCc1ccncc1. The van der Waals surface area contributed by atoms with Crippen molar-refractivity contribution >= 4 is 68.0 Å². The van der Waals surface area contributed by atoms with E-state index in [2.05, 4.69) is 40.5 Å². The largest absolute Gasteiger partial charge is 0.493 e. The minimum atomic E-state index is -0.475. The van der Waals surface area contributed by atoms with Gasteiger partial charge >= 0.3 is 0 Å². The molecule has 8 rings (SSSR count). The topological polar surface area (TPSA) is 138 Å². The average molecular weight is 864 g/mol. The molecule has 0 aliphatic rings. The lowest BCUT2D eigenvalue weighted by Crippen LogP contribution is -2.04. The number of nitrogens with zero attached hydrogens (tertiary/aromatic N) is 6. The number of halogens is 4. The van der Waals surface area contributed by atoms with E-state index in [1.54, 1.807) is 87.5 Å². The monoisotopic (exact) mass is 862 g/mol. The van der Waals surface area contributed by atoms with Crippen LogP contribution in [0.5, 0.6) is 23.0 Å². The normalized spacial score (nSPS) is 10.8. The summed E-state index contributed by atoms with van der Waals surface area (Å²) in [6.07, 6.45) is 12.4. The van der Waals surface area contributed by atoms with Gasteiger partial charge in [-0.05, 0) is 96.8 Å². The molecule has 310 valence electrons. The maximum atomic E-state index is 14.2. The van der Waals surface area contributed by atoms with Crippen LogP contribution in [0.2, 0.25) is 10.0 Å². The van der Waals surface area contributed by atoms with E-state index >= 15 is 0 Å². The van der Waals surface area contributed by atoms with E-state index in [1.807, 2.05) is 24.3 Å². The van der Waals surface area contributed by atoms with Crippen LogP contribution >= 0.6 is 23.2 Å². The number of anilines is 4. The molecule has 0 unspecified atom stereocenters. The third-order valence-electron chi connectivity index (χ3n) is 9.22. The van der Waals surface area contributed by atoms with Gasteiger partial charge in [-0.3, -0.25) is 9.97 Å². The van der Waals surface area contributed by atoms with Crippen LogP contribution in [0.3, 0.4) is 0 Å². The first-order chi connectivity index (χ1) is 29.8. The molecule has 0 amide bonds. The van der Waals surface area contributed by atoms with E-state index < -0.39 is 11.6 Å². The van der Waals surface area contributed by atoms with E-state index in [0.717, 1.165) is 24.8 Å². The van der Waals surface area contributed by atoms with Crippen molar-refractivity contribution in [2.45, 2.75) is 19.3 Å². The summed E-state index contributed by atoms with van der Waals surface area (Å²) in [6.45, 7) is 0.994. The van der Waals surface area contributed by atoms with Crippen molar-refractivity contribution in [1.82, 2.24) is 29.9 Å². The van der Waals surface area contributed by atoms with Crippen LogP contribution in [0.25, 0.3) is 21.8 Å². The third-order valence-corrected chi connectivity index (χ3v) is 9.69. The molecule has 0 radical (unpaired) electrons. The minimum Gasteiger partial charge on any atom is -0.493 e. The standard InChI is InChI=1S/C23H20ClFN4O2.C22H18ClFN4O2/c1-30-21-12-17-20(13-22(21)31-10-2-3-15-6-8-26-9-7-15)27-14-28-23(17)29-19-5-4-16(24)11-18(19)25;1-29-20-11-16-19(12-21(20)30-9-6-14-4-7-25-8-5-14)26-13-27-22(16)28-18-3-2-15(23)10-17(18)24/h4-9,11-14H,2-3,10H2,1H3,(H,27,28,29);2-5,7-8,10-13H,6,9H2,1H3,(H,26,27,28). The van der Waals surface area contributed by atoms with Crippen molar-refractivity contribution < 1.29 is 27.7 Å². The predicted octanol–water partition coefficient (Wildman–Crippen LogP) is 10.8. The number of aromatic nitrogens is 6. The second-order valence-electron chi connectivity index (χ2n) is 13.2. The van der Waals surface area contributed by atoms with E-state index in [9.17, 15) is 8.78 Å². The number of ether oxygens (including phenoxy) is 4. The maximum Gasteiger partial charge on any atom is 0.163 e. The Morgan fingerprint density at radius 2 is 0.984 bits per heavy atom. The molecule has 4 heterocycles. The summed E-state index contributed by atoms with van der Waals surface area (Å²) in [6, 6.07) is 23.8. The fourth-order valence-corrected chi connectivity index (χ4v) is 6.46. The molecular weight excluding hydrogens is 825 g/mol. The highest BCUT2D eigenvalue weighted by molar-refractivity contribution is 6.31. The van der Waals surface area contributed by atoms with Gasteiger partial charge in [-0.2, -0.15) is 0 Å². The molecule has 61 heavy (non-hydrogen) atoms. The summed E-state index contributed by atoms with van der Waals surface area (Å²) >= 11 is 11.7. The molecule has 0 saturated carbocycles. The molecule has 0 saturated heterocycles. The minimum absolute atomic E-state index is 0.260. The van der Waals surface area contributed by atoms with E-state index in [1.165, 1.54) is 30.4 Å². The predicted molar refractivity (Wildman–Crippen MR) is 233 cm³/mol. The Bertz CT molecular complexity index is 2740. The number of aryl methyl sites for hydroxylation is 1. The number of hydrogen-bond donors (Lipinski definition) is 2. The number of benzene rings is 4. The van der Waals surface area contributed by atoms with E-state index in [4.69, 9.17) is 42.1 Å². The lowest BCUT2D eigenvalue weighted by Gasteiger charge is -2.14. The maximum absolute atomic E-state index is 14.2. The zero-order chi connectivity index (χ0) is 42.6. The number of pyridine rings is 2. The van der Waals surface area contributed by atoms with Gasteiger partial charge in [-0.15, -0.1) is 0 Å². The number of hydrogen-bond acceptors (Lipinski definition) is 12. The van der Waals surface area contributed by atoms with Crippen molar-refractivity contribution in [3.63, 3.8) is 0 Å². The Hall–Kier alpha value is -6.90. The molecule has 0 bridgehead atoms. The van der Waals surface area contributed by atoms with E-state index in [-0.39, 0.29) is 11.4 Å². The molecule has 8 aromatic rings. The van der Waals surface area contributed by atoms with Gasteiger partial charge < -0.3 is 29.6 Å². The highest BCUT2D eigenvalue weighted by Gasteiger charge is 2.15. The quantitative estimate of drug-likeness (QED) is 0.0949. The first-order valence-electron chi connectivity index (χ1n) is 18.9. The molecule has 0 aliphatic carbocycles. The van der Waals surface area contributed by atoms with Crippen molar-refractivity contribution in [3.8, 4) is 23.0 Å². The van der Waals surface area contributed by atoms with Gasteiger partial charge in [0, 0.05) is 64.2 Å². The van der Waals surface area contributed by atoms with Crippen LogP contribution in [0, 0.1) is 11.6 Å². The Labute approximate surface area is 359 Å². The Kier molecular flexibility index (Phi) is 14.1. The first kappa shape index (κ1) is 42.2. The molecule has 12 nitrogen and oxygen atoms in total. The van der Waals surface area contributed by atoms with Gasteiger partial charge in [0.25, 0.3) is 0 Å². The summed E-state index contributed by atoms with van der Waals surface area (Å²) in [5.41, 5.74) is 4.15. The second-order valence-corrected chi connectivity index (χ2v) is 14.1. The molecule has 0 fully saturated rings. The van der Waals surface area contributed by atoms with Crippen molar-refractivity contribution in [3.05, 3.63) is 155 Å². The number of fused-ring (bicyclic) bond motifs is 2. The molecular formula is C45H38Cl2F2N8O4. The number of rotatable bonds is 15. The van der Waals surface area contributed by atoms with E-state index in [0.29, 0.717) is 79.7 Å². The van der Waals surface area contributed by atoms with Crippen LogP contribution < -0.4 is 29.6 Å². The number of methoxy groups -OCH3 is 2. The summed E-state index contributed by atoms with van der Waals surface area (Å²) in [7, 11) is 3.13. The first-order valence-corrected chi connectivity index (χ1v) is 19.7.